The SMILES string of the molecule is Cc1oc(-c2ccccc2)nc1CCOc1ccc2c(c1)CC[C@@H]2[C@@H](C)C1OC1=O. The molecule has 2 aliphatic rings. The molecule has 0 saturated carbocycles. The molecule has 5 nitrogen and oxygen atoms in total. The number of rotatable bonds is 7. The van der Waals surface area contributed by atoms with Crippen molar-refractivity contribution in [1.82, 2.24) is 4.98 Å². The zero-order valence-corrected chi connectivity index (χ0v) is 17.3. The Morgan fingerprint density at radius 2 is 2.00 bits per heavy atom. The molecule has 1 fully saturated rings. The highest BCUT2D eigenvalue weighted by atomic mass is 16.6. The fourth-order valence-corrected chi connectivity index (χ4v) is 4.52. The number of hydrogen-bond donors (Lipinski definition) is 0. The third-order valence-corrected chi connectivity index (χ3v) is 6.29. The van der Waals surface area contributed by atoms with E-state index in [9.17, 15) is 4.79 Å². The summed E-state index contributed by atoms with van der Waals surface area (Å²) in [4.78, 5) is 16.0. The number of carbonyl (C=O) groups excluding carboxylic acids is 1. The molecule has 0 radical (unpaired) electrons. The zero-order chi connectivity index (χ0) is 20.7. The number of carbonyl (C=O) groups is 1. The highest BCUT2D eigenvalue weighted by Gasteiger charge is 2.47. The van der Waals surface area contributed by atoms with Gasteiger partial charge in [-0.1, -0.05) is 31.2 Å². The molecule has 0 amide bonds. The monoisotopic (exact) mass is 403 g/mol. The van der Waals surface area contributed by atoms with Crippen LogP contribution in [0.25, 0.3) is 11.5 Å². The number of cyclic esters (lactones) is 1. The number of aromatic nitrogens is 1. The molecule has 1 aromatic heterocycles. The number of nitrogens with zero attached hydrogens (tertiary/aromatic N) is 1. The van der Waals surface area contributed by atoms with Gasteiger partial charge in [-0.2, -0.15) is 0 Å². The zero-order valence-electron chi connectivity index (χ0n) is 17.3. The van der Waals surface area contributed by atoms with Crippen LogP contribution in [0.15, 0.2) is 52.9 Å². The van der Waals surface area contributed by atoms with Crippen molar-refractivity contribution >= 4 is 5.97 Å². The summed E-state index contributed by atoms with van der Waals surface area (Å²) in [6, 6.07) is 16.3. The van der Waals surface area contributed by atoms with E-state index < -0.39 is 0 Å². The Labute approximate surface area is 176 Å². The number of ether oxygens (including phenoxy) is 2. The first kappa shape index (κ1) is 18.9. The van der Waals surface area contributed by atoms with E-state index in [0.29, 0.717) is 24.8 Å². The summed E-state index contributed by atoms with van der Waals surface area (Å²) in [6.45, 7) is 4.61. The summed E-state index contributed by atoms with van der Waals surface area (Å²) < 4.78 is 16.9. The standard InChI is InChI=1S/C25H25NO4/c1-15(23-25(27)30-23)20-10-8-18-14-19(9-11-21(18)20)28-13-12-22-16(2)29-24(26-22)17-6-4-3-5-7-17/h3-7,9,11,14-15,20,23H,8,10,12-13H2,1-2H3/t15-,20-,23?/m1/s1. The molecule has 5 heteroatoms. The van der Waals surface area contributed by atoms with Crippen molar-refractivity contribution in [2.45, 2.75) is 45.1 Å². The van der Waals surface area contributed by atoms with Gasteiger partial charge in [0.2, 0.25) is 12.0 Å². The van der Waals surface area contributed by atoms with E-state index in [1.54, 1.807) is 0 Å². The average molecular weight is 403 g/mol. The van der Waals surface area contributed by atoms with Crippen molar-refractivity contribution in [2.75, 3.05) is 6.61 Å². The molecule has 0 N–H and O–H groups in total. The Balaban J connectivity index is 1.21. The fraction of sp³-hybridized carbons (Fsp3) is 0.360. The number of oxazole rings is 1. The lowest BCUT2D eigenvalue weighted by molar-refractivity contribution is -0.117. The van der Waals surface area contributed by atoms with Crippen LogP contribution in [0.4, 0.5) is 0 Å². The van der Waals surface area contributed by atoms with E-state index in [4.69, 9.17) is 13.9 Å². The van der Waals surface area contributed by atoms with Crippen molar-refractivity contribution in [3.8, 4) is 17.2 Å². The average Bonchev–Trinajstić information content (AvgIpc) is 3.17. The smallest absolute Gasteiger partial charge is 0.348 e. The van der Waals surface area contributed by atoms with Crippen molar-refractivity contribution in [3.63, 3.8) is 0 Å². The second-order valence-electron chi connectivity index (χ2n) is 8.21. The minimum absolute atomic E-state index is 0.0607. The van der Waals surface area contributed by atoms with Crippen molar-refractivity contribution in [1.29, 1.82) is 0 Å². The fourth-order valence-electron chi connectivity index (χ4n) is 4.52. The molecular weight excluding hydrogens is 378 g/mol. The van der Waals surface area contributed by atoms with Crippen molar-refractivity contribution in [2.24, 2.45) is 5.92 Å². The number of epoxide rings is 1. The molecule has 0 spiro atoms. The third-order valence-electron chi connectivity index (χ3n) is 6.29. The van der Waals surface area contributed by atoms with Gasteiger partial charge in [-0.25, -0.2) is 9.78 Å². The highest BCUT2D eigenvalue weighted by Crippen LogP contribution is 2.43. The first-order chi connectivity index (χ1) is 14.6. The molecule has 1 aliphatic heterocycles. The predicted octanol–water partition coefficient (Wildman–Crippen LogP) is 4.86. The molecule has 5 rings (SSSR count). The molecule has 1 unspecified atom stereocenters. The second kappa shape index (κ2) is 7.63. The molecule has 3 aromatic rings. The van der Waals surface area contributed by atoms with Crippen LogP contribution in [0.2, 0.25) is 0 Å². The van der Waals surface area contributed by atoms with Crippen LogP contribution in [0, 0.1) is 12.8 Å². The lowest BCUT2D eigenvalue weighted by atomic mass is 9.86. The van der Waals surface area contributed by atoms with E-state index in [0.717, 1.165) is 35.6 Å². The Hall–Kier alpha value is -3.08. The van der Waals surface area contributed by atoms with E-state index in [-0.39, 0.29) is 18.0 Å². The summed E-state index contributed by atoms with van der Waals surface area (Å²) in [7, 11) is 0. The van der Waals surface area contributed by atoms with Gasteiger partial charge in [0.05, 0.1) is 12.3 Å². The maximum absolute atomic E-state index is 11.3. The van der Waals surface area contributed by atoms with Gasteiger partial charge in [-0.15, -0.1) is 0 Å². The highest BCUT2D eigenvalue weighted by molar-refractivity contribution is 5.87. The molecule has 1 aliphatic carbocycles. The number of hydrogen-bond acceptors (Lipinski definition) is 5. The lowest BCUT2D eigenvalue weighted by Gasteiger charge is -2.17. The van der Waals surface area contributed by atoms with Gasteiger partial charge in [0.1, 0.15) is 11.5 Å². The Morgan fingerprint density at radius 3 is 2.77 bits per heavy atom. The van der Waals surface area contributed by atoms with Crippen LogP contribution in [0.1, 0.15) is 41.8 Å². The summed E-state index contributed by atoms with van der Waals surface area (Å²) in [5.74, 6) is 2.93. The van der Waals surface area contributed by atoms with Crippen LogP contribution < -0.4 is 4.74 Å². The lowest BCUT2D eigenvalue weighted by Crippen LogP contribution is -2.14. The van der Waals surface area contributed by atoms with E-state index in [1.807, 2.05) is 43.3 Å². The minimum atomic E-state index is -0.205. The summed E-state index contributed by atoms with van der Waals surface area (Å²) in [5, 5.41) is 0. The quantitative estimate of drug-likeness (QED) is 0.527. The second-order valence-corrected chi connectivity index (χ2v) is 8.21. The van der Waals surface area contributed by atoms with Crippen molar-refractivity contribution < 1.29 is 18.7 Å². The Bertz CT molecular complexity index is 1070. The van der Waals surface area contributed by atoms with Crippen LogP contribution in [0.5, 0.6) is 5.75 Å². The molecule has 154 valence electrons. The van der Waals surface area contributed by atoms with Gasteiger partial charge in [-0.3, -0.25) is 0 Å². The molecule has 0 bridgehead atoms. The van der Waals surface area contributed by atoms with E-state index in [1.165, 1.54) is 11.1 Å². The molecule has 2 heterocycles. The summed E-state index contributed by atoms with van der Waals surface area (Å²) in [5.41, 5.74) is 4.56. The minimum Gasteiger partial charge on any atom is -0.493 e. The Morgan fingerprint density at radius 1 is 1.20 bits per heavy atom. The van der Waals surface area contributed by atoms with Crippen LogP contribution >= 0.6 is 0 Å². The van der Waals surface area contributed by atoms with Gasteiger partial charge >= 0.3 is 5.97 Å². The number of fused-ring (bicyclic) bond motifs is 1. The van der Waals surface area contributed by atoms with Gasteiger partial charge < -0.3 is 13.9 Å². The normalized spacial score (nSPS) is 20.5. The molecular formula is C25H25NO4. The first-order valence-corrected chi connectivity index (χ1v) is 10.6. The van der Waals surface area contributed by atoms with Gasteiger partial charge in [0, 0.05) is 17.9 Å². The van der Waals surface area contributed by atoms with Crippen LogP contribution in [-0.4, -0.2) is 23.7 Å². The van der Waals surface area contributed by atoms with Crippen LogP contribution in [-0.2, 0) is 22.4 Å². The first-order valence-electron chi connectivity index (χ1n) is 10.6. The third kappa shape index (κ3) is 3.60. The number of aryl methyl sites for hydroxylation is 2. The maximum Gasteiger partial charge on any atom is 0.348 e. The summed E-state index contributed by atoms with van der Waals surface area (Å²) >= 11 is 0. The Kier molecular flexibility index (Phi) is 4.81. The molecule has 2 aromatic carbocycles. The maximum atomic E-state index is 11.3. The van der Waals surface area contributed by atoms with E-state index in [2.05, 4.69) is 24.0 Å². The van der Waals surface area contributed by atoms with Gasteiger partial charge in [0.25, 0.3) is 0 Å². The predicted molar refractivity (Wildman–Crippen MR) is 112 cm³/mol. The molecule has 30 heavy (non-hydrogen) atoms. The number of benzene rings is 2. The van der Waals surface area contributed by atoms with Gasteiger partial charge in [-0.05, 0) is 61.1 Å². The van der Waals surface area contributed by atoms with Gasteiger partial charge in [0.15, 0.2) is 0 Å². The molecule has 1 saturated heterocycles. The topological polar surface area (TPSA) is 64.9 Å². The van der Waals surface area contributed by atoms with E-state index >= 15 is 0 Å². The van der Waals surface area contributed by atoms with Crippen LogP contribution in [0.3, 0.4) is 0 Å². The summed E-state index contributed by atoms with van der Waals surface area (Å²) in [6.07, 6.45) is 2.57. The largest absolute Gasteiger partial charge is 0.493 e. The molecule has 3 atom stereocenters. The van der Waals surface area contributed by atoms with Crippen molar-refractivity contribution in [3.05, 3.63) is 71.1 Å².